The number of hydrogen-bond acceptors (Lipinski definition) is 4. The van der Waals surface area contributed by atoms with Crippen molar-refractivity contribution in [3.05, 3.63) is 62.6 Å². The number of aromatic nitrogens is 1. The third-order valence-electron chi connectivity index (χ3n) is 3.01. The average Bonchev–Trinajstić information content (AvgIpc) is 3.10. The van der Waals surface area contributed by atoms with Gasteiger partial charge >= 0.3 is 0 Å². The molecule has 2 aromatic heterocycles. The van der Waals surface area contributed by atoms with E-state index in [1.807, 2.05) is 53.4 Å². The van der Waals surface area contributed by atoms with Crippen LogP contribution >= 0.6 is 22.7 Å². The largest absolute Gasteiger partial charge is 0.291 e. The third kappa shape index (κ3) is 2.86. The first kappa shape index (κ1) is 13.2. The van der Waals surface area contributed by atoms with Gasteiger partial charge in [0.15, 0.2) is 10.8 Å². The minimum atomic E-state index is 0.0853. The Hall–Kier alpha value is -1.78. The summed E-state index contributed by atoms with van der Waals surface area (Å²) in [5.41, 5.74) is 4.19. The molecule has 0 bridgehead atoms. The van der Waals surface area contributed by atoms with Crippen molar-refractivity contribution in [1.29, 1.82) is 0 Å². The first-order valence-corrected chi connectivity index (χ1v) is 8.11. The van der Waals surface area contributed by atoms with Crippen molar-refractivity contribution in [3.63, 3.8) is 0 Å². The number of carbonyl (C=O) groups excluding carboxylic acids is 1. The molecule has 1 aromatic carbocycles. The Morgan fingerprint density at radius 2 is 2.15 bits per heavy atom. The van der Waals surface area contributed by atoms with Crippen LogP contribution in [0.15, 0.2) is 46.5 Å². The Morgan fingerprint density at radius 3 is 2.90 bits per heavy atom. The summed E-state index contributed by atoms with van der Waals surface area (Å²) in [5.74, 6) is 0.0853. The molecule has 0 radical (unpaired) electrons. The van der Waals surface area contributed by atoms with Crippen molar-refractivity contribution in [2.45, 2.75) is 13.3 Å². The molecule has 0 aliphatic carbocycles. The second-order valence-corrected chi connectivity index (χ2v) is 6.28. The fraction of sp³-hybridized carbons (Fsp3) is 0.125. The molecule has 0 aliphatic heterocycles. The minimum Gasteiger partial charge on any atom is -0.291 e. The Bertz CT molecular complexity index is 729. The van der Waals surface area contributed by atoms with Gasteiger partial charge in [-0.15, -0.1) is 11.3 Å². The summed E-state index contributed by atoms with van der Waals surface area (Å²) in [6.07, 6.45) is 0.415. The molecule has 0 atom stereocenters. The number of Topliss-reactive ketones (excluding diaryl/α,β-unsaturated/α-hetero) is 1. The fourth-order valence-electron chi connectivity index (χ4n) is 2.03. The minimum absolute atomic E-state index is 0.0853. The Balaban J connectivity index is 1.78. The van der Waals surface area contributed by atoms with Gasteiger partial charge in [-0.25, -0.2) is 4.98 Å². The lowest BCUT2D eigenvalue weighted by molar-refractivity contribution is 0.0992. The van der Waals surface area contributed by atoms with Crippen LogP contribution in [0.4, 0.5) is 0 Å². The van der Waals surface area contributed by atoms with Crippen LogP contribution in [0.5, 0.6) is 0 Å². The van der Waals surface area contributed by atoms with E-state index in [0.717, 1.165) is 16.8 Å². The highest BCUT2D eigenvalue weighted by Crippen LogP contribution is 2.24. The van der Waals surface area contributed by atoms with E-state index in [4.69, 9.17) is 0 Å². The lowest BCUT2D eigenvalue weighted by Gasteiger charge is -2.00. The van der Waals surface area contributed by atoms with E-state index in [-0.39, 0.29) is 5.78 Å². The van der Waals surface area contributed by atoms with Crippen LogP contribution in [-0.4, -0.2) is 10.8 Å². The average molecular weight is 299 g/mol. The number of thiazole rings is 1. The number of aryl methyl sites for hydroxylation is 1. The molecule has 2 nitrogen and oxygen atoms in total. The van der Waals surface area contributed by atoms with Gasteiger partial charge in [0.05, 0.1) is 5.69 Å². The number of thiophene rings is 1. The molecule has 4 heteroatoms. The van der Waals surface area contributed by atoms with Crippen LogP contribution in [-0.2, 0) is 6.42 Å². The summed E-state index contributed by atoms with van der Waals surface area (Å²) in [6, 6.07) is 10.1. The summed E-state index contributed by atoms with van der Waals surface area (Å²) in [6.45, 7) is 2.03. The normalized spacial score (nSPS) is 10.7. The monoisotopic (exact) mass is 299 g/mol. The maximum Gasteiger partial charge on any atom is 0.195 e. The molecule has 0 N–H and O–H groups in total. The van der Waals surface area contributed by atoms with Crippen molar-refractivity contribution in [2.24, 2.45) is 0 Å². The molecule has 0 unspecified atom stereocenters. The molecular weight excluding hydrogens is 286 g/mol. The molecule has 3 rings (SSSR count). The van der Waals surface area contributed by atoms with Crippen molar-refractivity contribution < 1.29 is 4.79 Å². The van der Waals surface area contributed by atoms with Crippen molar-refractivity contribution >= 4 is 28.5 Å². The van der Waals surface area contributed by atoms with E-state index >= 15 is 0 Å². The Morgan fingerprint density at radius 1 is 1.25 bits per heavy atom. The second kappa shape index (κ2) is 5.69. The number of hydrogen-bond donors (Lipinski definition) is 0. The number of carbonyl (C=O) groups is 1. The van der Waals surface area contributed by atoms with Crippen LogP contribution in [0.1, 0.15) is 20.9 Å². The first-order valence-electron chi connectivity index (χ1n) is 6.29. The maximum absolute atomic E-state index is 12.3. The van der Waals surface area contributed by atoms with Crippen LogP contribution in [0.3, 0.4) is 0 Å². The topological polar surface area (TPSA) is 30.0 Å². The zero-order valence-electron chi connectivity index (χ0n) is 11.0. The predicted molar refractivity (Wildman–Crippen MR) is 84.6 cm³/mol. The predicted octanol–water partition coefficient (Wildman–Crippen LogP) is 4.61. The molecule has 0 amide bonds. The summed E-state index contributed by atoms with van der Waals surface area (Å²) in [5, 5.41) is 6.60. The maximum atomic E-state index is 12.3. The quantitative estimate of drug-likeness (QED) is 0.659. The van der Waals surface area contributed by atoms with Crippen molar-refractivity contribution in [3.8, 4) is 11.3 Å². The van der Waals surface area contributed by atoms with Crippen molar-refractivity contribution in [1.82, 2.24) is 4.98 Å². The summed E-state index contributed by atoms with van der Waals surface area (Å²) >= 11 is 3.06. The number of ketones is 1. The lowest BCUT2D eigenvalue weighted by atomic mass is 10.1. The van der Waals surface area contributed by atoms with E-state index in [1.54, 1.807) is 11.3 Å². The van der Waals surface area contributed by atoms with E-state index in [9.17, 15) is 4.79 Å². The molecule has 100 valence electrons. The lowest BCUT2D eigenvalue weighted by Crippen LogP contribution is -2.03. The zero-order chi connectivity index (χ0) is 13.9. The SMILES string of the molecule is Cc1cccc(CC(=O)c2nc(-c3ccsc3)cs2)c1. The zero-order valence-corrected chi connectivity index (χ0v) is 12.6. The van der Waals surface area contributed by atoms with Gasteiger partial charge in [0.25, 0.3) is 0 Å². The van der Waals surface area contributed by atoms with Gasteiger partial charge in [-0.2, -0.15) is 11.3 Å². The molecule has 0 saturated heterocycles. The van der Waals surface area contributed by atoms with Crippen molar-refractivity contribution in [2.75, 3.05) is 0 Å². The molecule has 0 aliphatic rings. The highest BCUT2D eigenvalue weighted by atomic mass is 32.1. The number of benzene rings is 1. The van der Waals surface area contributed by atoms with E-state index in [2.05, 4.69) is 4.98 Å². The van der Waals surface area contributed by atoms with E-state index in [0.29, 0.717) is 11.4 Å². The van der Waals surface area contributed by atoms with Crippen LogP contribution < -0.4 is 0 Å². The van der Waals surface area contributed by atoms with Gasteiger partial charge in [-0.1, -0.05) is 29.8 Å². The third-order valence-corrected chi connectivity index (χ3v) is 4.57. The smallest absolute Gasteiger partial charge is 0.195 e. The first-order chi connectivity index (χ1) is 9.72. The second-order valence-electron chi connectivity index (χ2n) is 4.64. The van der Waals surface area contributed by atoms with Crippen LogP contribution in [0, 0.1) is 6.92 Å². The summed E-state index contributed by atoms with van der Waals surface area (Å²) in [4.78, 5) is 16.7. The molecule has 0 saturated carbocycles. The highest BCUT2D eigenvalue weighted by Gasteiger charge is 2.13. The van der Waals surface area contributed by atoms with Gasteiger partial charge in [0, 0.05) is 22.7 Å². The number of rotatable bonds is 4. The van der Waals surface area contributed by atoms with Crippen LogP contribution in [0.25, 0.3) is 11.3 Å². The molecule has 20 heavy (non-hydrogen) atoms. The van der Waals surface area contributed by atoms with Gasteiger partial charge in [0.2, 0.25) is 0 Å². The standard InChI is InChI=1S/C16H13NOS2/c1-11-3-2-4-12(7-11)8-15(18)16-17-14(10-20-16)13-5-6-19-9-13/h2-7,9-10H,8H2,1H3. The van der Waals surface area contributed by atoms with Crippen LogP contribution in [0.2, 0.25) is 0 Å². The fourth-order valence-corrected chi connectivity index (χ4v) is 3.44. The van der Waals surface area contributed by atoms with Gasteiger partial charge in [-0.05, 0) is 23.9 Å². The summed E-state index contributed by atoms with van der Waals surface area (Å²) < 4.78 is 0. The van der Waals surface area contributed by atoms with Gasteiger partial charge in [-0.3, -0.25) is 4.79 Å². The highest BCUT2D eigenvalue weighted by molar-refractivity contribution is 7.12. The summed E-state index contributed by atoms with van der Waals surface area (Å²) in [7, 11) is 0. The van der Waals surface area contributed by atoms with E-state index < -0.39 is 0 Å². The molecule has 3 aromatic rings. The molecular formula is C16H13NOS2. The van der Waals surface area contributed by atoms with E-state index in [1.165, 1.54) is 16.9 Å². The Labute approximate surface area is 125 Å². The molecule has 2 heterocycles. The number of nitrogens with zero attached hydrogens (tertiary/aromatic N) is 1. The van der Waals surface area contributed by atoms with Gasteiger partial charge in [0.1, 0.15) is 0 Å². The Kier molecular flexibility index (Phi) is 3.76. The molecule has 0 spiro atoms. The molecule has 0 fully saturated rings. The van der Waals surface area contributed by atoms with Gasteiger partial charge < -0.3 is 0 Å².